The lowest BCUT2D eigenvalue weighted by Gasteiger charge is -2.16. The summed E-state index contributed by atoms with van der Waals surface area (Å²) in [5.41, 5.74) is 6.55. The van der Waals surface area contributed by atoms with Crippen molar-refractivity contribution >= 4 is 34.0 Å². The van der Waals surface area contributed by atoms with Crippen molar-refractivity contribution in [3.63, 3.8) is 0 Å². The first-order valence-corrected chi connectivity index (χ1v) is 11.2. The highest BCUT2D eigenvalue weighted by Gasteiger charge is 2.17. The SMILES string of the molecule is Cc1[nH]c2c(F)ccc(C)c2c1CCNc1cc(Nc2ccc3c(c2)CCCC3=O)ncn1. The molecule has 33 heavy (non-hydrogen) atoms. The van der Waals surface area contributed by atoms with Crippen LogP contribution in [0.15, 0.2) is 42.7 Å². The third-order valence-electron chi connectivity index (χ3n) is 6.31. The topological polar surface area (TPSA) is 82.7 Å². The minimum atomic E-state index is -0.226. The van der Waals surface area contributed by atoms with Crippen LogP contribution in [0.5, 0.6) is 0 Å². The molecule has 5 rings (SSSR count). The van der Waals surface area contributed by atoms with E-state index in [1.54, 1.807) is 0 Å². The van der Waals surface area contributed by atoms with Crippen LogP contribution in [-0.2, 0) is 12.8 Å². The number of halogens is 1. The lowest BCUT2D eigenvalue weighted by atomic mass is 9.90. The van der Waals surface area contributed by atoms with Crippen LogP contribution in [0.1, 0.15) is 45.6 Å². The molecule has 0 saturated carbocycles. The molecular formula is C26H26FN5O. The first-order valence-electron chi connectivity index (χ1n) is 11.2. The number of anilines is 3. The Morgan fingerprint density at radius 2 is 1.91 bits per heavy atom. The van der Waals surface area contributed by atoms with Crippen LogP contribution >= 0.6 is 0 Å². The molecule has 2 aromatic heterocycles. The molecule has 1 aliphatic carbocycles. The molecule has 3 N–H and O–H groups in total. The maximum Gasteiger partial charge on any atom is 0.163 e. The van der Waals surface area contributed by atoms with E-state index in [9.17, 15) is 9.18 Å². The van der Waals surface area contributed by atoms with Gasteiger partial charge in [-0.15, -0.1) is 0 Å². The Labute approximate surface area is 191 Å². The van der Waals surface area contributed by atoms with Crippen LogP contribution in [0.2, 0.25) is 0 Å². The van der Waals surface area contributed by atoms with E-state index in [1.165, 1.54) is 12.4 Å². The van der Waals surface area contributed by atoms with Crippen LogP contribution in [-0.4, -0.2) is 27.3 Å². The number of aromatic amines is 1. The minimum absolute atomic E-state index is 0.222. The Morgan fingerprint density at radius 1 is 1.06 bits per heavy atom. The summed E-state index contributed by atoms with van der Waals surface area (Å²) < 4.78 is 14.2. The zero-order valence-electron chi connectivity index (χ0n) is 18.8. The molecular weight excluding hydrogens is 417 g/mol. The van der Waals surface area contributed by atoms with E-state index in [2.05, 4.69) is 25.6 Å². The van der Waals surface area contributed by atoms with Crippen molar-refractivity contribution < 1.29 is 9.18 Å². The average molecular weight is 444 g/mol. The van der Waals surface area contributed by atoms with Gasteiger partial charge < -0.3 is 15.6 Å². The number of hydrogen-bond donors (Lipinski definition) is 3. The van der Waals surface area contributed by atoms with Gasteiger partial charge in [0.2, 0.25) is 0 Å². The second kappa shape index (κ2) is 8.65. The first kappa shape index (κ1) is 21.1. The zero-order valence-corrected chi connectivity index (χ0v) is 18.8. The molecule has 0 saturated heterocycles. The monoisotopic (exact) mass is 443 g/mol. The molecule has 4 aromatic rings. The van der Waals surface area contributed by atoms with E-state index >= 15 is 0 Å². The number of nitrogens with zero attached hydrogens (tertiary/aromatic N) is 2. The van der Waals surface area contributed by atoms with Gasteiger partial charge in [0.05, 0.1) is 5.52 Å². The Hall–Kier alpha value is -3.74. The van der Waals surface area contributed by atoms with E-state index < -0.39 is 0 Å². The summed E-state index contributed by atoms with van der Waals surface area (Å²) in [6.07, 6.45) is 4.71. The van der Waals surface area contributed by atoms with Crippen molar-refractivity contribution in [1.29, 1.82) is 0 Å². The molecule has 0 fully saturated rings. The van der Waals surface area contributed by atoms with Crippen molar-refractivity contribution in [2.75, 3.05) is 17.2 Å². The Morgan fingerprint density at radius 3 is 2.79 bits per heavy atom. The number of nitrogens with one attached hydrogen (secondary N) is 3. The fraction of sp³-hybridized carbons (Fsp3) is 0.269. The fourth-order valence-corrected chi connectivity index (χ4v) is 4.67. The van der Waals surface area contributed by atoms with Gasteiger partial charge in [-0.25, -0.2) is 14.4 Å². The zero-order chi connectivity index (χ0) is 22.9. The summed E-state index contributed by atoms with van der Waals surface area (Å²) in [7, 11) is 0. The van der Waals surface area contributed by atoms with Gasteiger partial charge in [-0.1, -0.05) is 6.07 Å². The lowest BCUT2D eigenvalue weighted by molar-refractivity contribution is 0.0972. The summed E-state index contributed by atoms with van der Waals surface area (Å²) in [5.74, 6) is 1.38. The number of carbonyl (C=O) groups excluding carboxylic acids is 1. The van der Waals surface area contributed by atoms with Crippen LogP contribution in [0, 0.1) is 19.7 Å². The van der Waals surface area contributed by atoms with Gasteiger partial charge in [-0.05, 0) is 74.1 Å². The quantitative estimate of drug-likeness (QED) is 0.360. The van der Waals surface area contributed by atoms with Gasteiger partial charge in [0.15, 0.2) is 5.78 Å². The van der Waals surface area contributed by atoms with E-state index in [0.29, 0.717) is 30.1 Å². The third kappa shape index (κ3) is 4.18. The number of carbonyl (C=O) groups is 1. The summed E-state index contributed by atoms with van der Waals surface area (Å²) in [5, 5.41) is 7.62. The largest absolute Gasteiger partial charge is 0.370 e. The predicted molar refractivity (Wildman–Crippen MR) is 129 cm³/mol. The summed E-state index contributed by atoms with van der Waals surface area (Å²) in [4.78, 5) is 23.9. The normalized spacial score (nSPS) is 13.2. The van der Waals surface area contributed by atoms with Crippen LogP contribution in [0.4, 0.5) is 21.7 Å². The van der Waals surface area contributed by atoms with E-state index in [4.69, 9.17) is 0 Å². The minimum Gasteiger partial charge on any atom is -0.370 e. The Kier molecular flexibility index (Phi) is 5.54. The molecule has 0 aliphatic heterocycles. The molecule has 1 aliphatic rings. The number of ketones is 1. The molecule has 0 radical (unpaired) electrons. The van der Waals surface area contributed by atoms with Gasteiger partial charge in [-0.2, -0.15) is 0 Å². The van der Waals surface area contributed by atoms with Crippen molar-refractivity contribution in [3.8, 4) is 0 Å². The van der Waals surface area contributed by atoms with Gasteiger partial charge in [0, 0.05) is 41.4 Å². The molecule has 0 amide bonds. The van der Waals surface area contributed by atoms with Crippen molar-refractivity contribution in [1.82, 2.24) is 15.0 Å². The van der Waals surface area contributed by atoms with Gasteiger partial charge in [-0.3, -0.25) is 4.79 Å². The Balaban J connectivity index is 1.27. The molecule has 0 atom stereocenters. The highest BCUT2D eigenvalue weighted by molar-refractivity contribution is 5.99. The number of aryl methyl sites for hydroxylation is 3. The van der Waals surface area contributed by atoms with Crippen molar-refractivity contribution in [2.45, 2.75) is 39.5 Å². The Bertz CT molecular complexity index is 1360. The maximum atomic E-state index is 14.2. The molecule has 2 heterocycles. The summed E-state index contributed by atoms with van der Waals surface area (Å²) in [6.45, 7) is 4.64. The van der Waals surface area contributed by atoms with Gasteiger partial charge in [0.1, 0.15) is 23.8 Å². The smallest absolute Gasteiger partial charge is 0.163 e. The number of Topliss-reactive ketones (excluding diaryl/α,β-unsaturated/α-hetero) is 1. The predicted octanol–water partition coefficient (Wildman–Crippen LogP) is 5.63. The highest BCUT2D eigenvalue weighted by Crippen LogP contribution is 2.28. The second-order valence-corrected chi connectivity index (χ2v) is 8.58. The maximum absolute atomic E-state index is 14.2. The van der Waals surface area contributed by atoms with Crippen LogP contribution in [0.3, 0.4) is 0 Å². The summed E-state index contributed by atoms with van der Waals surface area (Å²) >= 11 is 0. The molecule has 0 bridgehead atoms. The van der Waals surface area contributed by atoms with Gasteiger partial charge >= 0.3 is 0 Å². The fourth-order valence-electron chi connectivity index (χ4n) is 4.67. The second-order valence-electron chi connectivity index (χ2n) is 8.58. The third-order valence-corrected chi connectivity index (χ3v) is 6.31. The number of H-pyrrole nitrogens is 1. The molecule has 0 spiro atoms. The number of rotatable bonds is 6. The number of fused-ring (bicyclic) bond motifs is 2. The molecule has 0 unspecified atom stereocenters. The number of hydrogen-bond acceptors (Lipinski definition) is 5. The standard InChI is InChI=1S/C26H26FN5O/c1-15-6-9-21(27)26-25(15)19(16(2)31-26)10-11-28-23-13-24(30-14-29-23)32-18-7-8-20-17(12-18)4-3-5-22(20)33/h6-9,12-14,31H,3-5,10-11H2,1-2H3,(H2,28,29,30,32). The van der Waals surface area contributed by atoms with Crippen molar-refractivity contribution in [3.05, 3.63) is 76.5 Å². The molecule has 168 valence electrons. The van der Waals surface area contributed by atoms with E-state index in [-0.39, 0.29) is 11.6 Å². The van der Waals surface area contributed by atoms with Crippen molar-refractivity contribution in [2.24, 2.45) is 0 Å². The lowest BCUT2D eigenvalue weighted by Crippen LogP contribution is -2.11. The highest BCUT2D eigenvalue weighted by atomic mass is 19.1. The van der Waals surface area contributed by atoms with Crippen LogP contribution < -0.4 is 10.6 Å². The average Bonchev–Trinajstić information content (AvgIpc) is 3.14. The number of benzene rings is 2. The summed E-state index contributed by atoms with van der Waals surface area (Å²) in [6, 6.07) is 11.0. The van der Waals surface area contributed by atoms with Crippen LogP contribution in [0.25, 0.3) is 10.9 Å². The van der Waals surface area contributed by atoms with E-state index in [0.717, 1.165) is 58.3 Å². The van der Waals surface area contributed by atoms with Gasteiger partial charge in [0.25, 0.3) is 0 Å². The first-order chi connectivity index (χ1) is 16.0. The molecule has 6 nitrogen and oxygen atoms in total. The molecule has 2 aromatic carbocycles. The number of aromatic nitrogens is 3. The van der Waals surface area contributed by atoms with E-state index in [1.807, 2.05) is 44.2 Å². The molecule has 7 heteroatoms.